The summed E-state index contributed by atoms with van der Waals surface area (Å²) in [5, 5.41) is 8.29. The zero-order valence-electron chi connectivity index (χ0n) is 15.3. The first-order chi connectivity index (χ1) is 13.3. The first-order valence-electron chi connectivity index (χ1n) is 8.63. The minimum absolute atomic E-state index is 0.266. The van der Waals surface area contributed by atoms with Crippen molar-refractivity contribution in [2.24, 2.45) is 0 Å². The van der Waals surface area contributed by atoms with Gasteiger partial charge in [-0.2, -0.15) is 5.10 Å². The molecule has 1 amide bonds. The quantitative estimate of drug-likeness (QED) is 0.644. The fraction of sp³-hybridized carbons (Fsp3) is 0.200. The van der Waals surface area contributed by atoms with Crippen molar-refractivity contribution in [3.63, 3.8) is 0 Å². The number of carbonyl (C=O) groups is 1. The molecule has 0 saturated heterocycles. The van der Waals surface area contributed by atoms with Gasteiger partial charge in [0, 0.05) is 21.4 Å². The summed E-state index contributed by atoms with van der Waals surface area (Å²) in [4.78, 5) is 12.9. The number of benzene rings is 2. The van der Waals surface area contributed by atoms with Crippen molar-refractivity contribution in [1.29, 1.82) is 0 Å². The van der Waals surface area contributed by atoms with Crippen LogP contribution in [0.25, 0.3) is 5.69 Å². The summed E-state index contributed by atoms with van der Waals surface area (Å²) in [6.45, 7) is 4.02. The molecular formula is C20H17Cl2N3O2S. The Labute approximate surface area is 175 Å². The molecular weight excluding hydrogens is 417 g/mol. The zero-order chi connectivity index (χ0) is 20.0. The number of rotatable bonds is 3. The van der Waals surface area contributed by atoms with Crippen molar-refractivity contribution < 1.29 is 9.00 Å². The molecule has 144 valence electrons. The highest BCUT2D eigenvalue weighted by Crippen LogP contribution is 2.33. The molecule has 0 bridgehead atoms. The summed E-state index contributed by atoms with van der Waals surface area (Å²) in [6, 6.07) is 10.7. The van der Waals surface area contributed by atoms with E-state index in [9.17, 15) is 9.00 Å². The topological polar surface area (TPSA) is 64.0 Å². The fourth-order valence-electron chi connectivity index (χ4n) is 3.32. The highest BCUT2D eigenvalue weighted by Gasteiger charge is 2.29. The van der Waals surface area contributed by atoms with E-state index < -0.39 is 10.8 Å². The standard InChI is InChI=1S/C20H17Cl2N3O2S/c1-11-3-6-18(12(2)7-11)25-19(15-9-28(27)10-17(15)24-25)23-20(26)14-5-4-13(21)8-16(14)22/h3-8H,9-10H2,1-2H3,(H,23,26)/t28-/m1/s1. The molecule has 0 spiro atoms. The van der Waals surface area contributed by atoms with Gasteiger partial charge in [0.2, 0.25) is 0 Å². The maximum atomic E-state index is 12.9. The molecule has 0 fully saturated rings. The van der Waals surface area contributed by atoms with Gasteiger partial charge >= 0.3 is 0 Å². The van der Waals surface area contributed by atoms with E-state index in [-0.39, 0.29) is 10.9 Å². The van der Waals surface area contributed by atoms with Crippen LogP contribution in [-0.2, 0) is 22.3 Å². The molecule has 0 saturated carbocycles. The van der Waals surface area contributed by atoms with Crippen LogP contribution >= 0.6 is 23.2 Å². The third-order valence-corrected chi connectivity index (χ3v) is 6.41. The molecule has 0 aliphatic carbocycles. The molecule has 8 heteroatoms. The molecule has 1 aliphatic heterocycles. The normalized spacial score (nSPS) is 15.5. The van der Waals surface area contributed by atoms with Gasteiger partial charge in [-0.05, 0) is 43.7 Å². The second-order valence-corrected chi connectivity index (χ2v) is 9.08. The van der Waals surface area contributed by atoms with E-state index in [0.717, 1.165) is 28.1 Å². The third kappa shape index (κ3) is 3.48. The van der Waals surface area contributed by atoms with Crippen LogP contribution in [0.4, 0.5) is 5.82 Å². The monoisotopic (exact) mass is 433 g/mol. The van der Waals surface area contributed by atoms with Crippen LogP contribution < -0.4 is 5.32 Å². The highest BCUT2D eigenvalue weighted by molar-refractivity contribution is 7.83. The Morgan fingerprint density at radius 1 is 1.14 bits per heavy atom. The van der Waals surface area contributed by atoms with E-state index in [2.05, 4.69) is 16.5 Å². The number of halogens is 2. The van der Waals surface area contributed by atoms with Crippen LogP contribution in [0.1, 0.15) is 32.7 Å². The number of hydrogen-bond acceptors (Lipinski definition) is 3. The van der Waals surface area contributed by atoms with E-state index >= 15 is 0 Å². The van der Waals surface area contributed by atoms with Crippen molar-refractivity contribution in [2.75, 3.05) is 5.32 Å². The molecule has 0 radical (unpaired) electrons. The Morgan fingerprint density at radius 3 is 2.64 bits per heavy atom. The zero-order valence-corrected chi connectivity index (χ0v) is 17.6. The van der Waals surface area contributed by atoms with Crippen molar-refractivity contribution in [1.82, 2.24) is 9.78 Å². The Hall–Kier alpha value is -2.15. The number of carbonyl (C=O) groups excluding carboxylic acids is 1. The van der Waals surface area contributed by atoms with Crippen molar-refractivity contribution in [2.45, 2.75) is 25.4 Å². The second kappa shape index (κ2) is 7.35. The van der Waals surface area contributed by atoms with Crippen LogP contribution in [-0.4, -0.2) is 19.9 Å². The van der Waals surface area contributed by atoms with E-state index in [1.165, 1.54) is 6.07 Å². The maximum absolute atomic E-state index is 12.9. The van der Waals surface area contributed by atoms with Gasteiger partial charge in [-0.1, -0.05) is 40.9 Å². The van der Waals surface area contributed by atoms with Gasteiger partial charge in [0.1, 0.15) is 5.82 Å². The Balaban J connectivity index is 1.79. The van der Waals surface area contributed by atoms with Gasteiger partial charge in [0.25, 0.3) is 5.91 Å². The van der Waals surface area contributed by atoms with Gasteiger partial charge in [0.05, 0.1) is 33.5 Å². The molecule has 0 unspecified atom stereocenters. The number of nitrogens with one attached hydrogen (secondary N) is 1. The third-order valence-electron chi connectivity index (χ3n) is 4.66. The van der Waals surface area contributed by atoms with E-state index in [4.69, 9.17) is 23.2 Å². The van der Waals surface area contributed by atoms with E-state index in [1.54, 1.807) is 16.8 Å². The van der Waals surface area contributed by atoms with E-state index in [1.807, 2.05) is 26.0 Å². The number of anilines is 1. The highest BCUT2D eigenvalue weighted by atomic mass is 35.5. The average molecular weight is 434 g/mol. The number of hydrogen-bond donors (Lipinski definition) is 1. The van der Waals surface area contributed by atoms with Crippen LogP contribution in [0, 0.1) is 13.8 Å². The molecule has 2 heterocycles. The van der Waals surface area contributed by atoms with Crippen LogP contribution in [0.5, 0.6) is 0 Å². The lowest BCUT2D eigenvalue weighted by Crippen LogP contribution is -2.17. The average Bonchev–Trinajstić information content (AvgIpc) is 3.12. The molecule has 1 aromatic heterocycles. The van der Waals surface area contributed by atoms with Crippen LogP contribution in [0.2, 0.25) is 10.0 Å². The first kappa shape index (κ1) is 19.2. The maximum Gasteiger partial charge on any atom is 0.258 e. The molecule has 1 aliphatic rings. The number of nitrogens with zero attached hydrogens (tertiary/aromatic N) is 2. The van der Waals surface area contributed by atoms with Crippen LogP contribution in [0.15, 0.2) is 36.4 Å². The molecule has 28 heavy (non-hydrogen) atoms. The Bertz CT molecular complexity index is 1140. The lowest BCUT2D eigenvalue weighted by atomic mass is 10.1. The minimum atomic E-state index is -1.01. The summed E-state index contributed by atoms with van der Waals surface area (Å²) in [6.07, 6.45) is 0. The van der Waals surface area contributed by atoms with Crippen molar-refractivity contribution in [3.05, 3.63) is 74.4 Å². The van der Waals surface area contributed by atoms with Crippen molar-refractivity contribution >= 4 is 45.7 Å². The molecule has 2 aromatic carbocycles. The summed E-state index contributed by atoms with van der Waals surface area (Å²) < 4.78 is 13.8. The summed E-state index contributed by atoms with van der Waals surface area (Å²) in [5.41, 5.74) is 4.89. The number of aromatic nitrogens is 2. The lowest BCUT2D eigenvalue weighted by Gasteiger charge is -2.14. The molecule has 4 rings (SSSR count). The van der Waals surface area contributed by atoms with Crippen molar-refractivity contribution in [3.8, 4) is 5.69 Å². The first-order valence-corrected chi connectivity index (χ1v) is 10.9. The molecule has 1 atom stereocenters. The molecule has 3 aromatic rings. The predicted octanol–water partition coefficient (Wildman–Crippen LogP) is 4.81. The van der Waals surface area contributed by atoms with Gasteiger partial charge in [-0.3, -0.25) is 9.00 Å². The Morgan fingerprint density at radius 2 is 1.93 bits per heavy atom. The summed E-state index contributed by atoms with van der Waals surface area (Å²) in [5.74, 6) is 0.916. The smallest absolute Gasteiger partial charge is 0.258 e. The number of aryl methyl sites for hydroxylation is 2. The molecule has 1 N–H and O–H groups in total. The summed E-state index contributed by atoms with van der Waals surface area (Å²) >= 11 is 12.1. The second-order valence-electron chi connectivity index (χ2n) is 6.78. The van der Waals surface area contributed by atoms with Gasteiger partial charge in [0.15, 0.2) is 0 Å². The van der Waals surface area contributed by atoms with Gasteiger partial charge in [-0.15, -0.1) is 0 Å². The van der Waals surface area contributed by atoms with Gasteiger partial charge in [-0.25, -0.2) is 4.68 Å². The Kier molecular flexibility index (Phi) is 5.04. The molecule has 5 nitrogen and oxygen atoms in total. The number of amides is 1. The minimum Gasteiger partial charge on any atom is -0.306 e. The SMILES string of the molecule is Cc1ccc(-n2nc3c(c2NC(=O)c2ccc(Cl)cc2Cl)C[S@@](=O)C3)c(C)c1. The summed E-state index contributed by atoms with van der Waals surface area (Å²) in [7, 11) is -1.01. The van der Waals surface area contributed by atoms with Crippen LogP contribution in [0.3, 0.4) is 0 Å². The largest absolute Gasteiger partial charge is 0.306 e. The predicted molar refractivity (Wildman–Crippen MR) is 113 cm³/mol. The van der Waals surface area contributed by atoms with Gasteiger partial charge < -0.3 is 5.32 Å². The van der Waals surface area contributed by atoms with E-state index in [0.29, 0.717) is 27.9 Å². The lowest BCUT2D eigenvalue weighted by molar-refractivity contribution is 0.102. The fourth-order valence-corrected chi connectivity index (χ4v) is 5.08. The number of fused-ring (bicyclic) bond motifs is 1.